The predicted molar refractivity (Wildman–Crippen MR) is 89.1 cm³/mol. The fourth-order valence-corrected chi connectivity index (χ4v) is 3.27. The van der Waals surface area contributed by atoms with Crippen LogP contribution in [0, 0.1) is 0 Å². The Kier molecular flexibility index (Phi) is 10.8. The maximum Gasteiger partial charge on any atom is 0.114 e. The second-order valence-electron chi connectivity index (χ2n) is 6.14. The van der Waals surface area contributed by atoms with E-state index >= 15 is 0 Å². The minimum absolute atomic E-state index is 0.0143. The van der Waals surface area contributed by atoms with Gasteiger partial charge in [-0.05, 0) is 19.3 Å². The molecule has 0 saturated carbocycles. The van der Waals surface area contributed by atoms with Crippen molar-refractivity contribution in [3.63, 3.8) is 0 Å². The number of rotatable bonds is 13. The van der Waals surface area contributed by atoms with Gasteiger partial charge in [-0.25, -0.2) is 0 Å². The van der Waals surface area contributed by atoms with Crippen LogP contribution in [-0.4, -0.2) is 50.3 Å². The highest BCUT2D eigenvalue weighted by atomic mass is 16.6. The molecule has 0 unspecified atom stereocenters. The van der Waals surface area contributed by atoms with Crippen LogP contribution in [0.1, 0.15) is 57.8 Å². The standard InChI is InChI=1S/C18H34O4/c1-4-5-6-7-8-9-10-11-12-13-15-17(20-2)18(21-3)16(14-19)22-15/h4,15-19H,1,5-14H2,2-3H3/t15-,16+,17+,18+/m0/s1. The summed E-state index contributed by atoms with van der Waals surface area (Å²) in [5, 5.41) is 9.36. The molecule has 1 N–H and O–H groups in total. The monoisotopic (exact) mass is 314 g/mol. The Bertz CT molecular complexity index is 282. The predicted octanol–water partition coefficient (Wildman–Crippen LogP) is 3.47. The van der Waals surface area contributed by atoms with E-state index in [0.29, 0.717) is 0 Å². The van der Waals surface area contributed by atoms with Gasteiger partial charge in [0.15, 0.2) is 0 Å². The quantitative estimate of drug-likeness (QED) is 0.418. The first kappa shape index (κ1) is 19.6. The highest BCUT2D eigenvalue weighted by Crippen LogP contribution is 2.29. The fourth-order valence-electron chi connectivity index (χ4n) is 3.27. The van der Waals surface area contributed by atoms with Crippen molar-refractivity contribution in [3.8, 4) is 0 Å². The average molecular weight is 314 g/mol. The maximum atomic E-state index is 9.36. The molecule has 0 aromatic carbocycles. The number of methoxy groups -OCH3 is 2. The lowest BCUT2D eigenvalue weighted by Gasteiger charge is -2.21. The second-order valence-corrected chi connectivity index (χ2v) is 6.14. The van der Waals surface area contributed by atoms with E-state index in [1.54, 1.807) is 14.2 Å². The summed E-state index contributed by atoms with van der Waals surface area (Å²) in [6, 6.07) is 0. The van der Waals surface area contributed by atoms with Crippen LogP contribution in [0.15, 0.2) is 12.7 Å². The van der Waals surface area contributed by atoms with E-state index in [0.717, 1.165) is 19.3 Å². The highest BCUT2D eigenvalue weighted by Gasteiger charge is 2.44. The molecule has 0 aromatic heterocycles. The molecule has 0 aliphatic carbocycles. The number of allylic oxidation sites excluding steroid dienone is 1. The molecule has 1 aliphatic rings. The van der Waals surface area contributed by atoms with E-state index < -0.39 is 0 Å². The minimum atomic E-state index is -0.259. The van der Waals surface area contributed by atoms with Crippen molar-refractivity contribution in [1.82, 2.24) is 0 Å². The summed E-state index contributed by atoms with van der Waals surface area (Å²) in [5.74, 6) is 0. The third kappa shape index (κ3) is 6.37. The van der Waals surface area contributed by atoms with Crippen LogP contribution in [0.5, 0.6) is 0 Å². The Morgan fingerprint density at radius 1 is 0.909 bits per heavy atom. The lowest BCUT2D eigenvalue weighted by Crippen LogP contribution is -2.37. The summed E-state index contributed by atoms with van der Waals surface area (Å²) in [5.41, 5.74) is 0. The van der Waals surface area contributed by atoms with E-state index in [1.807, 2.05) is 6.08 Å². The molecule has 0 aromatic rings. The lowest BCUT2D eigenvalue weighted by atomic mass is 10.0. The molecular formula is C18H34O4. The Labute approximate surface area is 135 Å². The van der Waals surface area contributed by atoms with Crippen molar-refractivity contribution in [1.29, 1.82) is 0 Å². The fraction of sp³-hybridized carbons (Fsp3) is 0.889. The number of ether oxygens (including phenoxy) is 3. The van der Waals surface area contributed by atoms with Crippen molar-refractivity contribution in [3.05, 3.63) is 12.7 Å². The van der Waals surface area contributed by atoms with Crippen molar-refractivity contribution in [2.45, 2.75) is 82.2 Å². The lowest BCUT2D eigenvalue weighted by molar-refractivity contribution is -0.0399. The van der Waals surface area contributed by atoms with E-state index in [-0.39, 0.29) is 31.0 Å². The molecule has 4 heteroatoms. The van der Waals surface area contributed by atoms with Gasteiger partial charge in [-0.1, -0.05) is 44.6 Å². The molecule has 1 heterocycles. The molecule has 22 heavy (non-hydrogen) atoms. The Hall–Kier alpha value is -0.420. The zero-order chi connectivity index (χ0) is 16.2. The molecule has 0 radical (unpaired) electrons. The average Bonchev–Trinajstić information content (AvgIpc) is 2.90. The number of unbranched alkanes of at least 4 members (excludes halogenated alkanes) is 7. The van der Waals surface area contributed by atoms with E-state index in [2.05, 4.69) is 6.58 Å². The zero-order valence-electron chi connectivity index (χ0n) is 14.3. The van der Waals surface area contributed by atoms with Crippen molar-refractivity contribution >= 4 is 0 Å². The van der Waals surface area contributed by atoms with Crippen molar-refractivity contribution < 1.29 is 19.3 Å². The molecule has 130 valence electrons. The Balaban J connectivity index is 2.12. The summed E-state index contributed by atoms with van der Waals surface area (Å²) in [6.07, 6.45) is 12.6. The van der Waals surface area contributed by atoms with E-state index in [4.69, 9.17) is 14.2 Å². The number of hydrogen-bond acceptors (Lipinski definition) is 4. The molecule has 1 saturated heterocycles. The van der Waals surface area contributed by atoms with Crippen LogP contribution in [0.3, 0.4) is 0 Å². The number of aliphatic hydroxyl groups excluding tert-OH is 1. The van der Waals surface area contributed by atoms with Crippen molar-refractivity contribution in [2.24, 2.45) is 0 Å². The first-order valence-electron chi connectivity index (χ1n) is 8.71. The van der Waals surface area contributed by atoms with Crippen LogP contribution in [0.4, 0.5) is 0 Å². The summed E-state index contributed by atoms with van der Waals surface area (Å²) < 4.78 is 16.8. The number of aliphatic hydroxyl groups is 1. The first-order chi connectivity index (χ1) is 10.8. The van der Waals surface area contributed by atoms with E-state index in [9.17, 15) is 5.11 Å². The van der Waals surface area contributed by atoms with Gasteiger partial charge >= 0.3 is 0 Å². The van der Waals surface area contributed by atoms with Gasteiger partial charge in [0.1, 0.15) is 18.3 Å². The van der Waals surface area contributed by atoms with Gasteiger partial charge in [0.05, 0.1) is 12.7 Å². The Morgan fingerprint density at radius 3 is 2.00 bits per heavy atom. The normalized spacial score (nSPS) is 28.1. The van der Waals surface area contributed by atoms with Crippen molar-refractivity contribution in [2.75, 3.05) is 20.8 Å². The SMILES string of the molecule is C=CCCCCCCCCC[C@@H]1O[C@H](CO)[C@@H](OC)[C@@H]1OC. The second kappa shape index (κ2) is 12.1. The smallest absolute Gasteiger partial charge is 0.114 e. The summed E-state index contributed by atoms with van der Waals surface area (Å²) in [7, 11) is 3.34. The molecular weight excluding hydrogens is 280 g/mol. The summed E-state index contributed by atoms with van der Waals surface area (Å²) in [6.45, 7) is 3.73. The molecule has 4 atom stereocenters. The van der Waals surface area contributed by atoms with Gasteiger partial charge in [-0.15, -0.1) is 6.58 Å². The number of hydrogen-bond donors (Lipinski definition) is 1. The molecule has 4 nitrogen and oxygen atoms in total. The van der Waals surface area contributed by atoms with Gasteiger partial charge in [0.2, 0.25) is 0 Å². The van der Waals surface area contributed by atoms with E-state index in [1.165, 1.54) is 38.5 Å². The molecule has 0 bridgehead atoms. The first-order valence-corrected chi connectivity index (χ1v) is 8.71. The molecule has 1 rings (SSSR count). The third-order valence-corrected chi connectivity index (χ3v) is 4.53. The van der Waals surface area contributed by atoms with Gasteiger partial charge in [-0.3, -0.25) is 0 Å². The van der Waals surface area contributed by atoms with Gasteiger partial charge in [-0.2, -0.15) is 0 Å². The topological polar surface area (TPSA) is 47.9 Å². The van der Waals surface area contributed by atoms with Crippen LogP contribution in [-0.2, 0) is 14.2 Å². The molecule has 1 fully saturated rings. The maximum absolute atomic E-state index is 9.36. The molecule has 0 spiro atoms. The highest BCUT2D eigenvalue weighted by molar-refractivity contribution is 4.92. The summed E-state index contributed by atoms with van der Waals surface area (Å²) >= 11 is 0. The van der Waals surface area contributed by atoms with Crippen LogP contribution >= 0.6 is 0 Å². The zero-order valence-corrected chi connectivity index (χ0v) is 14.3. The van der Waals surface area contributed by atoms with Gasteiger partial charge < -0.3 is 19.3 Å². The van der Waals surface area contributed by atoms with Gasteiger partial charge in [0.25, 0.3) is 0 Å². The molecule has 1 aliphatic heterocycles. The van der Waals surface area contributed by atoms with Gasteiger partial charge in [0, 0.05) is 14.2 Å². The molecule has 0 amide bonds. The van der Waals surface area contributed by atoms with Crippen LogP contribution < -0.4 is 0 Å². The van der Waals surface area contributed by atoms with Crippen LogP contribution in [0.2, 0.25) is 0 Å². The largest absolute Gasteiger partial charge is 0.394 e. The summed E-state index contributed by atoms with van der Waals surface area (Å²) in [4.78, 5) is 0. The Morgan fingerprint density at radius 2 is 1.45 bits per heavy atom. The van der Waals surface area contributed by atoms with Crippen LogP contribution in [0.25, 0.3) is 0 Å². The third-order valence-electron chi connectivity index (χ3n) is 4.53. The minimum Gasteiger partial charge on any atom is -0.394 e.